The van der Waals surface area contributed by atoms with Crippen LogP contribution in [0.15, 0.2) is 60.0 Å². The Bertz CT molecular complexity index is 1160. The van der Waals surface area contributed by atoms with Crippen LogP contribution >= 0.6 is 11.3 Å². The van der Waals surface area contributed by atoms with E-state index in [4.69, 9.17) is 9.47 Å². The van der Waals surface area contributed by atoms with Crippen molar-refractivity contribution >= 4 is 23.2 Å². The van der Waals surface area contributed by atoms with Gasteiger partial charge in [-0.3, -0.25) is 9.59 Å². The van der Waals surface area contributed by atoms with Gasteiger partial charge in [0.1, 0.15) is 12.4 Å². The highest BCUT2D eigenvalue weighted by molar-refractivity contribution is 7.09. The molecular formula is C25H23FN2O4S. The molecule has 0 bridgehead atoms. The summed E-state index contributed by atoms with van der Waals surface area (Å²) in [5.74, 6) is 0.146. The van der Waals surface area contributed by atoms with Gasteiger partial charge in [-0.05, 0) is 54.1 Å². The van der Waals surface area contributed by atoms with Crippen LogP contribution < -0.4 is 9.47 Å². The van der Waals surface area contributed by atoms with Crippen molar-refractivity contribution < 1.29 is 23.5 Å². The van der Waals surface area contributed by atoms with E-state index >= 15 is 0 Å². The number of thiophene rings is 1. The van der Waals surface area contributed by atoms with E-state index in [9.17, 15) is 14.0 Å². The van der Waals surface area contributed by atoms with Crippen molar-refractivity contribution in [2.24, 2.45) is 0 Å². The van der Waals surface area contributed by atoms with E-state index in [-0.39, 0.29) is 30.9 Å². The van der Waals surface area contributed by atoms with Gasteiger partial charge < -0.3 is 19.3 Å². The zero-order valence-electron chi connectivity index (χ0n) is 17.9. The van der Waals surface area contributed by atoms with Gasteiger partial charge in [0, 0.05) is 17.5 Å². The molecule has 1 saturated carbocycles. The smallest absolute Gasteiger partial charge is 0.257 e. The zero-order valence-corrected chi connectivity index (χ0v) is 18.7. The minimum absolute atomic E-state index is 0.00206. The second kappa shape index (κ2) is 9.23. The summed E-state index contributed by atoms with van der Waals surface area (Å²) in [6.07, 6.45) is 1.64. The van der Waals surface area contributed by atoms with Gasteiger partial charge in [-0.25, -0.2) is 4.39 Å². The molecule has 2 amide bonds. The quantitative estimate of drug-likeness (QED) is 0.492. The predicted molar refractivity (Wildman–Crippen MR) is 122 cm³/mol. The number of nitrogens with zero attached hydrogens (tertiary/aromatic N) is 2. The maximum absolute atomic E-state index is 14.3. The predicted octanol–water partition coefficient (Wildman–Crippen LogP) is 4.45. The Balaban J connectivity index is 1.36. The first kappa shape index (κ1) is 21.5. The maximum atomic E-state index is 14.3. The lowest BCUT2D eigenvalue weighted by molar-refractivity contribution is -0.133. The summed E-state index contributed by atoms with van der Waals surface area (Å²) in [7, 11) is 0. The number of halogens is 1. The van der Waals surface area contributed by atoms with Crippen LogP contribution in [0, 0.1) is 5.82 Å². The molecule has 2 heterocycles. The van der Waals surface area contributed by atoms with E-state index < -0.39 is 11.7 Å². The molecule has 5 rings (SSSR count). The first-order valence-corrected chi connectivity index (χ1v) is 11.7. The molecule has 1 aromatic heterocycles. The van der Waals surface area contributed by atoms with E-state index in [0.717, 1.165) is 23.3 Å². The van der Waals surface area contributed by atoms with Crippen molar-refractivity contribution in [1.82, 2.24) is 9.80 Å². The maximum Gasteiger partial charge on any atom is 0.257 e. The highest BCUT2D eigenvalue weighted by Gasteiger charge is 2.36. The van der Waals surface area contributed by atoms with Crippen molar-refractivity contribution in [3.05, 3.63) is 81.8 Å². The molecule has 6 nitrogen and oxygen atoms in total. The van der Waals surface area contributed by atoms with E-state index in [1.54, 1.807) is 28.4 Å². The van der Waals surface area contributed by atoms with Crippen LogP contribution in [0.2, 0.25) is 0 Å². The Kier molecular flexibility index (Phi) is 6.00. The molecular weight excluding hydrogens is 443 g/mol. The monoisotopic (exact) mass is 466 g/mol. The van der Waals surface area contributed by atoms with Crippen molar-refractivity contribution in [2.75, 3.05) is 13.3 Å². The largest absolute Gasteiger partial charge is 0.454 e. The second-order valence-corrected chi connectivity index (χ2v) is 9.19. The molecule has 8 heteroatoms. The number of hydrogen-bond donors (Lipinski definition) is 0. The normalized spacial score (nSPS) is 14.2. The number of fused-ring (bicyclic) bond motifs is 1. The van der Waals surface area contributed by atoms with Crippen LogP contribution in [0.1, 0.15) is 33.6 Å². The molecule has 0 spiro atoms. The fourth-order valence-electron chi connectivity index (χ4n) is 3.87. The molecule has 1 aliphatic carbocycles. The van der Waals surface area contributed by atoms with Crippen LogP contribution in [0.25, 0.3) is 0 Å². The third kappa shape index (κ3) is 4.85. The van der Waals surface area contributed by atoms with Crippen LogP contribution in [0.3, 0.4) is 0 Å². The molecule has 1 fully saturated rings. The summed E-state index contributed by atoms with van der Waals surface area (Å²) in [6.45, 7) is 0.885. The Hall–Kier alpha value is -3.39. The second-order valence-electron chi connectivity index (χ2n) is 8.16. The van der Waals surface area contributed by atoms with Crippen LogP contribution in [0.5, 0.6) is 11.5 Å². The number of ether oxygens (including phenoxy) is 2. The fourth-order valence-corrected chi connectivity index (χ4v) is 4.59. The van der Waals surface area contributed by atoms with Gasteiger partial charge in [0.2, 0.25) is 12.7 Å². The molecule has 3 aromatic rings. The highest BCUT2D eigenvalue weighted by Crippen LogP contribution is 2.33. The summed E-state index contributed by atoms with van der Waals surface area (Å²) in [6, 6.07) is 15.4. The average molecular weight is 467 g/mol. The van der Waals surface area contributed by atoms with Gasteiger partial charge in [0.25, 0.3) is 5.91 Å². The molecule has 170 valence electrons. The van der Waals surface area contributed by atoms with Crippen LogP contribution in [-0.4, -0.2) is 41.0 Å². The van der Waals surface area contributed by atoms with E-state index in [2.05, 4.69) is 0 Å². The molecule has 0 atom stereocenters. The summed E-state index contributed by atoms with van der Waals surface area (Å²) >= 11 is 1.57. The molecule has 33 heavy (non-hydrogen) atoms. The first-order chi connectivity index (χ1) is 16.1. The fraction of sp³-hybridized carbons (Fsp3) is 0.280. The van der Waals surface area contributed by atoms with E-state index in [1.807, 2.05) is 35.7 Å². The summed E-state index contributed by atoms with van der Waals surface area (Å²) in [5, 5.41) is 1.97. The third-order valence-electron chi connectivity index (χ3n) is 5.75. The minimum atomic E-state index is -0.573. The van der Waals surface area contributed by atoms with Crippen molar-refractivity contribution in [1.29, 1.82) is 0 Å². The lowest BCUT2D eigenvalue weighted by Crippen LogP contribution is -2.43. The lowest BCUT2D eigenvalue weighted by atomic mass is 10.1. The molecule has 2 aromatic carbocycles. The first-order valence-electron chi connectivity index (χ1n) is 10.8. The minimum Gasteiger partial charge on any atom is -0.454 e. The Morgan fingerprint density at radius 1 is 1.00 bits per heavy atom. The lowest BCUT2D eigenvalue weighted by Gasteiger charge is -2.28. The van der Waals surface area contributed by atoms with E-state index in [1.165, 1.54) is 17.0 Å². The number of amides is 2. The molecule has 1 aliphatic heterocycles. The van der Waals surface area contributed by atoms with Crippen LogP contribution in [0.4, 0.5) is 4.39 Å². The Labute approximate surface area is 195 Å². The molecule has 0 unspecified atom stereocenters. The number of carbonyl (C=O) groups is 2. The third-order valence-corrected chi connectivity index (χ3v) is 6.61. The van der Waals surface area contributed by atoms with Gasteiger partial charge in [-0.15, -0.1) is 11.3 Å². The van der Waals surface area contributed by atoms with Gasteiger partial charge in [-0.1, -0.05) is 24.3 Å². The molecule has 0 radical (unpaired) electrons. The summed E-state index contributed by atoms with van der Waals surface area (Å²) in [5.41, 5.74) is 0.903. The standard InChI is InChI=1S/C25H23FN2O4S/c26-21-6-2-1-5-20(21)25(30)28(18-8-9-18)15-24(29)27(14-19-4-3-11-33-19)13-17-7-10-22-23(12-17)32-16-31-22/h1-7,10-12,18H,8-9,13-16H2. The summed E-state index contributed by atoms with van der Waals surface area (Å²) < 4.78 is 25.1. The topological polar surface area (TPSA) is 59.1 Å². The Morgan fingerprint density at radius 2 is 1.82 bits per heavy atom. The zero-order chi connectivity index (χ0) is 22.8. The molecule has 0 saturated heterocycles. The Morgan fingerprint density at radius 3 is 2.58 bits per heavy atom. The summed E-state index contributed by atoms with van der Waals surface area (Å²) in [4.78, 5) is 30.8. The molecule has 0 N–H and O–H groups in total. The van der Waals surface area contributed by atoms with Gasteiger partial charge in [0.15, 0.2) is 11.5 Å². The number of rotatable bonds is 8. The number of carbonyl (C=O) groups excluding carboxylic acids is 2. The number of hydrogen-bond acceptors (Lipinski definition) is 5. The average Bonchev–Trinajstić information content (AvgIpc) is 3.32. The highest BCUT2D eigenvalue weighted by atomic mass is 32.1. The molecule has 2 aliphatic rings. The van der Waals surface area contributed by atoms with E-state index in [0.29, 0.717) is 24.6 Å². The van der Waals surface area contributed by atoms with Crippen molar-refractivity contribution in [3.8, 4) is 11.5 Å². The van der Waals surface area contributed by atoms with Crippen molar-refractivity contribution in [3.63, 3.8) is 0 Å². The van der Waals surface area contributed by atoms with Crippen molar-refractivity contribution in [2.45, 2.75) is 32.0 Å². The SMILES string of the molecule is O=C(CN(C(=O)c1ccccc1F)C1CC1)N(Cc1ccc2c(c1)OCO2)Cc1cccs1. The van der Waals surface area contributed by atoms with Gasteiger partial charge in [0.05, 0.1) is 12.1 Å². The van der Waals surface area contributed by atoms with Crippen LogP contribution in [-0.2, 0) is 17.9 Å². The van der Waals surface area contributed by atoms with Gasteiger partial charge >= 0.3 is 0 Å². The number of benzene rings is 2. The van der Waals surface area contributed by atoms with Gasteiger partial charge in [-0.2, -0.15) is 0 Å².